The smallest absolute Gasteiger partial charge is 0.335 e. The molecule has 0 radical (unpaired) electrons. The first-order valence-corrected chi connectivity index (χ1v) is 10.3. The molecule has 152 valence electrons. The molecule has 1 aromatic rings. The van der Waals surface area contributed by atoms with Gasteiger partial charge in [0.15, 0.2) is 0 Å². The van der Waals surface area contributed by atoms with Gasteiger partial charge in [0.1, 0.15) is 0 Å². The number of amides is 2. The van der Waals surface area contributed by atoms with Gasteiger partial charge in [-0.25, -0.2) is 4.79 Å². The minimum atomic E-state index is -0.964. The standard InChI is InChI=1S/C22H30N2O4/c1-16-5-4-12-24(15-16)21(26)18-10-13-23(14-11-18)20(25)9-8-17-6-2-3-7-19(17)22(27)28/h2-3,6-7,16,18H,4-5,8-15H2,1H3,(H,27,28). The summed E-state index contributed by atoms with van der Waals surface area (Å²) in [4.78, 5) is 40.4. The summed E-state index contributed by atoms with van der Waals surface area (Å²) in [7, 11) is 0. The number of benzene rings is 1. The monoisotopic (exact) mass is 386 g/mol. The second-order valence-electron chi connectivity index (χ2n) is 8.15. The van der Waals surface area contributed by atoms with Crippen molar-refractivity contribution in [2.24, 2.45) is 11.8 Å². The van der Waals surface area contributed by atoms with Crippen LogP contribution in [-0.4, -0.2) is 58.9 Å². The van der Waals surface area contributed by atoms with Crippen molar-refractivity contribution in [1.82, 2.24) is 9.80 Å². The van der Waals surface area contributed by atoms with Gasteiger partial charge in [-0.15, -0.1) is 0 Å². The van der Waals surface area contributed by atoms with E-state index in [1.54, 1.807) is 24.3 Å². The molecule has 0 aromatic heterocycles. The number of carboxylic acid groups (broad SMARTS) is 1. The first-order valence-electron chi connectivity index (χ1n) is 10.3. The van der Waals surface area contributed by atoms with Gasteiger partial charge in [0.05, 0.1) is 5.56 Å². The van der Waals surface area contributed by atoms with Gasteiger partial charge in [0.2, 0.25) is 11.8 Å². The predicted molar refractivity (Wildman–Crippen MR) is 106 cm³/mol. The van der Waals surface area contributed by atoms with Gasteiger partial charge in [-0.2, -0.15) is 0 Å². The number of nitrogens with zero attached hydrogens (tertiary/aromatic N) is 2. The van der Waals surface area contributed by atoms with Crippen LogP contribution in [0.1, 0.15) is 54.9 Å². The number of rotatable bonds is 5. The number of aromatic carboxylic acids is 1. The molecule has 6 nitrogen and oxygen atoms in total. The van der Waals surface area contributed by atoms with E-state index < -0.39 is 5.97 Å². The van der Waals surface area contributed by atoms with E-state index in [4.69, 9.17) is 0 Å². The maximum atomic E-state index is 12.8. The fourth-order valence-electron chi connectivity index (χ4n) is 4.37. The summed E-state index contributed by atoms with van der Waals surface area (Å²) in [6.07, 6.45) is 4.45. The van der Waals surface area contributed by atoms with Crippen molar-refractivity contribution in [2.75, 3.05) is 26.2 Å². The zero-order valence-electron chi connectivity index (χ0n) is 16.6. The molecule has 28 heavy (non-hydrogen) atoms. The number of aryl methyl sites for hydroxylation is 1. The predicted octanol–water partition coefficient (Wildman–Crippen LogP) is 2.81. The summed E-state index contributed by atoms with van der Waals surface area (Å²) in [5.74, 6) is -0.0590. The maximum absolute atomic E-state index is 12.8. The highest BCUT2D eigenvalue weighted by Crippen LogP contribution is 2.24. The third-order valence-corrected chi connectivity index (χ3v) is 6.02. The van der Waals surface area contributed by atoms with Crippen LogP contribution >= 0.6 is 0 Å². The van der Waals surface area contributed by atoms with Gasteiger partial charge in [-0.1, -0.05) is 25.1 Å². The summed E-state index contributed by atoms with van der Waals surface area (Å²) in [5.41, 5.74) is 0.947. The van der Waals surface area contributed by atoms with E-state index in [0.29, 0.717) is 37.4 Å². The van der Waals surface area contributed by atoms with Crippen LogP contribution in [0.5, 0.6) is 0 Å². The van der Waals surface area contributed by atoms with Crippen LogP contribution in [0.25, 0.3) is 0 Å². The molecule has 2 aliphatic heterocycles. The zero-order valence-corrected chi connectivity index (χ0v) is 16.6. The Morgan fingerprint density at radius 2 is 1.75 bits per heavy atom. The summed E-state index contributed by atoms with van der Waals surface area (Å²) >= 11 is 0. The Morgan fingerprint density at radius 3 is 2.43 bits per heavy atom. The number of carboxylic acids is 1. The summed E-state index contributed by atoms with van der Waals surface area (Å²) in [5, 5.41) is 9.25. The molecule has 0 saturated carbocycles. The van der Waals surface area contributed by atoms with Gasteiger partial charge in [0, 0.05) is 38.5 Å². The summed E-state index contributed by atoms with van der Waals surface area (Å²) in [6.45, 7) is 5.15. The third kappa shape index (κ3) is 4.91. The average Bonchev–Trinajstić information content (AvgIpc) is 2.71. The Labute approximate surface area is 166 Å². The fraction of sp³-hybridized carbons (Fsp3) is 0.591. The second kappa shape index (κ2) is 9.22. The maximum Gasteiger partial charge on any atom is 0.335 e. The minimum absolute atomic E-state index is 0.0297. The molecule has 0 bridgehead atoms. The summed E-state index contributed by atoms with van der Waals surface area (Å²) < 4.78 is 0. The zero-order chi connectivity index (χ0) is 20.1. The molecule has 2 fully saturated rings. The van der Waals surface area contributed by atoms with E-state index in [0.717, 1.165) is 32.4 Å². The molecule has 1 unspecified atom stereocenters. The molecule has 1 aromatic carbocycles. The average molecular weight is 386 g/mol. The molecular weight excluding hydrogens is 356 g/mol. The van der Waals surface area contributed by atoms with Gasteiger partial charge >= 0.3 is 5.97 Å². The highest BCUT2D eigenvalue weighted by molar-refractivity contribution is 5.89. The number of carbonyl (C=O) groups is 3. The lowest BCUT2D eigenvalue weighted by molar-refractivity contribution is -0.142. The van der Waals surface area contributed by atoms with E-state index in [1.807, 2.05) is 9.80 Å². The van der Waals surface area contributed by atoms with Crippen molar-refractivity contribution in [1.29, 1.82) is 0 Å². The number of hydrogen-bond donors (Lipinski definition) is 1. The molecule has 2 amide bonds. The molecule has 1 atom stereocenters. The van der Waals surface area contributed by atoms with Crippen LogP contribution in [0.4, 0.5) is 0 Å². The van der Waals surface area contributed by atoms with E-state index >= 15 is 0 Å². The highest BCUT2D eigenvalue weighted by Gasteiger charge is 2.31. The largest absolute Gasteiger partial charge is 0.478 e. The van der Waals surface area contributed by atoms with E-state index in [-0.39, 0.29) is 23.3 Å². The van der Waals surface area contributed by atoms with E-state index in [1.165, 1.54) is 6.42 Å². The molecule has 0 spiro atoms. The number of hydrogen-bond acceptors (Lipinski definition) is 3. The van der Waals surface area contributed by atoms with Crippen molar-refractivity contribution in [3.8, 4) is 0 Å². The lowest BCUT2D eigenvalue weighted by atomic mass is 9.92. The Morgan fingerprint density at radius 1 is 1.04 bits per heavy atom. The third-order valence-electron chi connectivity index (χ3n) is 6.02. The summed E-state index contributed by atoms with van der Waals surface area (Å²) in [6, 6.07) is 6.83. The van der Waals surface area contributed by atoms with Crippen LogP contribution in [0.2, 0.25) is 0 Å². The number of likely N-dealkylation sites (tertiary alicyclic amines) is 2. The Balaban J connectivity index is 1.47. The van der Waals surface area contributed by atoms with Crippen molar-refractivity contribution in [3.63, 3.8) is 0 Å². The molecule has 6 heteroatoms. The lowest BCUT2D eigenvalue weighted by Crippen LogP contribution is -2.47. The highest BCUT2D eigenvalue weighted by atomic mass is 16.4. The fourth-order valence-corrected chi connectivity index (χ4v) is 4.37. The van der Waals surface area contributed by atoms with E-state index in [9.17, 15) is 19.5 Å². The number of piperidine rings is 2. The topological polar surface area (TPSA) is 77.9 Å². The molecule has 2 heterocycles. The van der Waals surface area contributed by atoms with E-state index in [2.05, 4.69) is 6.92 Å². The molecular formula is C22H30N2O4. The first-order chi connectivity index (χ1) is 13.5. The quantitative estimate of drug-likeness (QED) is 0.844. The molecule has 1 N–H and O–H groups in total. The Hall–Kier alpha value is -2.37. The van der Waals surface area contributed by atoms with Crippen molar-refractivity contribution >= 4 is 17.8 Å². The van der Waals surface area contributed by atoms with Crippen LogP contribution < -0.4 is 0 Å². The Bertz CT molecular complexity index is 725. The Kier molecular flexibility index (Phi) is 6.70. The van der Waals surface area contributed by atoms with Gasteiger partial charge < -0.3 is 14.9 Å². The van der Waals surface area contributed by atoms with Crippen molar-refractivity contribution < 1.29 is 19.5 Å². The first kappa shape index (κ1) is 20.4. The molecule has 3 rings (SSSR count). The van der Waals surface area contributed by atoms with Gasteiger partial charge in [-0.05, 0) is 49.7 Å². The minimum Gasteiger partial charge on any atom is -0.478 e. The van der Waals surface area contributed by atoms with Crippen molar-refractivity contribution in [3.05, 3.63) is 35.4 Å². The molecule has 2 aliphatic rings. The van der Waals surface area contributed by atoms with Crippen LogP contribution in [-0.2, 0) is 16.0 Å². The SMILES string of the molecule is CC1CCCN(C(=O)C2CCN(C(=O)CCc3ccccc3C(=O)O)CC2)C1. The normalized spacial score (nSPS) is 20.8. The van der Waals surface area contributed by atoms with Crippen LogP contribution in [0.3, 0.4) is 0 Å². The van der Waals surface area contributed by atoms with Gasteiger partial charge in [0.25, 0.3) is 0 Å². The van der Waals surface area contributed by atoms with Crippen LogP contribution in [0.15, 0.2) is 24.3 Å². The molecule has 0 aliphatic carbocycles. The number of carbonyl (C=O) groups excluding carboxylic acids is 2. The van der Waals surface area contributed by atoms with Crippen molar-refractivity contribution in [2.45, 2.75) is 45.4 Å². The lowest BCUT2D eigenvalue weighted by Gasteiger charge is -2.37. The molecule has 2 saturated heterocycles. The second-order valence-corrected chi connectivity index (χ2v) is 8.15. The van der Waals surface area contributed by atoms with Crippen LogP contribution in [0, 0.1) is 11.8 Å². The van der Waals surface area contributed by atoms with Gasteiger partial charge in [-0.3, -0.25) is 9.59 Å².